The molecule has 3 heteroatoms. The first-order chi connectivity index (χ1) is 9.91. The monoisotopic (exact) mass is 287 g/mol. The van der Waals surface area contributed by atoms with Crippen molar-refractivity contribution in [2.24, 2.45) is 0 Å². The second-order valence-electron chi connectivity index (χ2n) is 6.12. The van der Waals surface area contributed by atoms with Crippen LogP contribution in [-0.4, -0.2) is 7.11 Å². The summed E-state index contributed by atoms with van der Waals surface area (Å²) in [6.45, 7) is 7.12. The molecular formula is C18H22FNO. The molecule has 2 nitrogen and oxygen atoms in total. The lowest BCUT2D eigenvalue weighted by atomic mass is 9.86. The van der Waals surface area contributed by atoms with Crippen molar-refractivity contribution in [1.29, 1.82) is 0 Å². The molecule has 0 unspecified atom stereocenters. The van der Waals surface area contributed by atoms with Gasteiger partial charge in [0.25, 0.3) is 0 Å². The average Bonchev–Trinajstić information content (AvgIpc) is 2.44. The number of halogens is 1. The molecule has 0 heterocycles. The van der Waals surface area contributed by atoms with Crippen LogP contribution in [0.1, 0.15) is 31.9 Å². The van der Waals surface area contributed by atoms with E-state index in [4.69, 9.17) is 4.74 Å². The zero-order valence-electron chi connectivity index (χ0n) is 13.0. The zero-order valence-corrected chi connectivity index (χ0v) is 13.0. The number of hydrogen-bond acceptors (Lipinski definition) is 2. The van der Waals surface area contributed by atoms with Crippen LogP contribution in [0.25, 0.3) is 0 Å². The van der Waals surface area contributed by atoms with E-state index in [-0.39, 0.29) is 17.0 Å². The molecule has 1 N–H and O–H groups in total. The molecule has 0 aliphatic rings. The van der Waals surface area contributed by atoms with Crippen LogP contribution >= 0.6 is 0 Å². The minimum Gasteiger partial charge on any atom is -0.494 e. The van der Waals surface area contributed by atoms with E-state index in [1.165, 1.54) is 18.7 Å². The fraction of sp³-hybridized carbons (Fsp3) is 0.333. The van der Waals surface area contributed by atoms with E-state index in [0.29, 0.717) is 6.54 Å². The first kappa shape index (κ1) is 15.4. The second-order valence-corrected chi connectivity index (χ2v) is 6.12. The highest BCUT2D eigenvalue weighted by Gasteiger charge is 2.17. The predicted octanol–water partition coefficient (Wildman–Crippen LogP) is 4.74. The van der Waals surface area contributed by atoms with Crippen molar-refractivity contribution in [2.45, 2.75) is 32.7 Å². The maximum atomic E-state index is 13.7. The van der Waals surface area contributed by atoms with E-state index < -0.39 is 0 Å². The Morgan fingerprint density at radius 2 is 1.81 bits per heavy atom. The molecule has 2 aromatic carbocycles. The summed E-state index contributed by atoms with van der Waals surface area (Å²) in [7, 11) is 1.47. The lowest BCUT2D eigenvalue weighted by molar-refractivity contribution is 0.386. The van der Waals surface area contributed by atoms with Gasteiger partial charge in [-0.25, -0.2) is 4.39 Å². The van der Waals surface area contributed by atoms with Crippen LogP contribution in [0.3, 0.4) is 0 Å². The van der Waals surface area contributed by atoms with Crippen molar-refractivity contribution in [3.8, 4) is 5.75 Å². The summed E-state index contributed by atoms with van der Waals surface area (Å²) in [5.74, 6) is -0.0604. The highest BCUT2D eigenvalue weighted by Crippen LogP contribution is 2.29. The van der Waals surface area contributed by atoms with Crippen molar-refractivity contribution in [3.05, 3.63) is 59.4 Å². The van der Waals surface area contributed by atoms with Crippen molar-refractivity contribution in [3.63, 3.8) is 0 Å². The maximum absolute atomic E-state index is 13.7. The average molecular weight is 287 g/mol. The van der Waals surface area contributed by atoms with Gasteiger partial charge < -0.3 is 10.1 Å². The smallest absolute Gasteiger partial charge is 0.165 e. The summed E-state index contributed by atoms with van der Waals surface area (Å²) in [4.78, 5) is 0. The Morgan fingerprint density at radius 3 is 2.43 bits per heavy atom. The van der Waals surface area contributed by atoms with E-state index in [9.17, 15) is 4.39 Å². The normalized spacial score (nSPS) is 11.3. The van der Waals surface area contributed by atoms with Crippen LogP contribution in [-0.2, 0) is 12.0 Å². The first-order valence-electron chi connectivity index (χ1n) is 7.07. The highest BCUT2D eigenvalue weighted by atomic mass is 19.1. The number of hydrogen-bond donors (Lipinski definition) is 1. The van der Waals surface area contributed by atoms with Gasteiger partial charge in [-0.05, 0) is 34.7 Å². The molecule has 0 fully saturated rings. The second kappa shape index (κ2) is 6.17. The number of anilines is 1. The fourth-order valence-corrected chi connectivity index (χ4v) is 2.31. The predicted molar refractivity (Wildman–Crippen MR) is 85.4 cm³/mol. The van der Waals surface area contributed by atoms with Gasteiger partial charge in [-0.1, -0.05) is 45.0 Å². The van der Waals surface area contributed by atoms with Crippen molar-refractivity contribution in [2.75, 3.05) is 12.4 Å². The summed E-state index contributed by atoms with van der Waals surface area (Å²) in [5, 5.41) is 3.39. The fourth-order valence-electron chi connectivity index (χ4n) is 2.31. The van der Waals surface area contributed by atoms with Gasteiger partial charge >= 0.3 is 0 Å². The summed E-state index contributed by atoms with van der Waals surface area (Å²) in [6, 6.07) is 13.3. The molecular weight excluding hydrogens is 265 g/mol. The molecule has 0 radical (unpaired) electrons. The molecule has 0 saturated carbocycles. The van der Waals surface area contributed by atoms with E-state index >= 15 is 0 Å². The topological polar surface area (TPSA) is 21.3 Å². The molecule has 0 bridgehead atoms. The van der Waals surface area contributed by atoms with E-state index in [1.54, 1.807) is 6.07 Å². The number of para-hydroxylation sites is 1. The van der Waals surface area contributed by atoms with Crippen molar-refractivity contribution >= 4 is 5.69 Å². The lowest BCUT2D eigenvalue weighted by Gasteiger charge is -2.23. The molecule has 2 rings (SSSR count). The molecule has 0 amide bonds. The molecule has 112 valence electrons. The van der Waals surface area contributed by atoms with Crippen LogP contribution in [0.4, 0.5) is 10.1 Å². The van der Waals surface area contributed by atoms with Gasteiger partial charge in [0.2, 0.25) is 0 Å². The minimum atomic E-state index is -0.332. The molecule has 0 aliphatic heterocycles. The summed E-state index contributed by atoms with van der Waals surface area (Å²) in [6.07, 6.45) is 0. The van der Waals surface area contributed by atoms with Crippen LogP contribution < -0.4 is 10.1 Å². The van der Waals surface area contributed by atoms with Crippen LogP contribution in [0, 0.1) is 5.82 Å². The third kappa shape index (κ3) is 3.75. The Labute approximate surface area is 126 Å². The lowest BCUT2D eigenvalue weighted by Crippen LogP contribution is -2.14. The Morgan fingerprint density at radius 1 is 1.10 bits per heavy atom. The van der Waals surface area contributed by atoms with E-state index in [1.807, 2.05) is 18.2 Å². The molecule has 21 heavy (non-hydrogen) atoms. The zero-order chi connectivity index (χ0) is 15.5. The number of nitrogens with one attached hydrogen (secondary N) is 1. The van der Waals surface area contributed by atoms with E-state index in [0.717, 1.165) is 11.3 Å². The Balaban J connectivity index is 2.15. The van der Waals surface area contributed by atoms with Gasteiger partial charge in [-0.15, -0.1) is 0 Å². The summed E-state index contributed by atoms with van der Waals surface area (Å²) < 4.78 is 18.6. The van der Waals surface area contributed by atoms with Gasteiger partial charge in [0.05, 0.1) is 7.11 Å². The van der Waals surface area contributed by atoms with Gasteiger partial charge in [0, 0.05) is 12.2 Å². The maximum Gasteiger partial charge on any atom is 0.165 e. The third-order valence-corrected chi connectivity index (χ3v) is 3.43. The van der Waals surface area contributed by atoms with Crippen LogP contribution in [0.2, 0.25) is 0 Å². The highest BCUT2D eigenvalue weighted by molar-refractivity contribution is 5.54. The molecule has 0 aliphatic carbocycles. The standard InChI is InChI=1S/C18H22FNO/c1-18(2,3)14-7-5-6-8-16(14)20-12-13-9-10-17(21-4)15(19)11-13/h5-11,20H,12H2,1-4H3. The van der Waals surface area contributed by atoms with Crippen LogP contribution in [0.15, 0.2) is 42.5 Å². The van der Waals surface area contributed by atoms with Crippen LogP contribution in [0.5, 0.6) is 5.75 Å². The minimum absolute atomic E-state index is 0.0642. The van der Waals surface area contributed by atoms with E-state index in [2.05, 4.69) is 38.2 Å². The Bertz CT molecular complexity index is 617. The van der Waals surface area contributed by atoms with Crippen molar-refractivity contribution < 1.29 is 9.13 Å². The first-order valence-corrected chi connectivity index (χ1v) is 7.07. The number of methoxy groups -OCH3 is 1. The Kier molecular flexibility index (Phi) is 4.51. The summed E-state index contributed by atoms with van der Waals surface area (Å²) in [5.41, 5.74) is 3.28. The quantitative estimate of drug-likeness (QED) is 0.876. The van der Waals surface area contributed by atoms with Gasteiger partial charge in [-0.2, -0.15) is 0 Å². The van der Waals surface area contributed by atoms with Gasteiger partial charge in [0.15, 0.2) is 11.6 Å². The number of benzene rings is 2. The van der Waals surface area contributed by atoms with Gasteiger partial charge in [0.1, 0.15) is 0 Å². The SMILES string of the molecule is COc1ccc(CNc2ccccc2C(C)(C)C)cc1F. The molecule has 2 aromatic rings. The molecule has 0 aromatic heterocycles. The van der Waals surface area contributed by atoms with Gasteiger partial charge in [-0.3, -0.25) is 0 Å². The number of rotatable bonds is 4. The molecule has 0 saturated heterocycles. The number of ether oxygens (including phenoxy) is 1. The third-order valence-electron chi connectivity index (χ3n) is 3.43. The summed E-state index contributed by atoms with van der Waals surface area (Å²) >= 11 is 0. The largest absolute Gasteiger partial charge is 0.494 e. The van der Waals surface area contributed by atoms with Crippen molar-refractivity contribution in [1.82, 2.24) is 0 Å². The molecule has 0 atom stereocenters. The molecule has 0 spiro atoms. The Hall–Kier alpha value is -2.03.